The van der Waals surface area contributed by atoms with E-state index in [1.165, 1.54) is 0 Å². The smallest absolute Gasteiger partial charge is 0.241 e. The third-order valence-corrected chi connectivity index (χ3v) is 5.24. The summed E-state index contributed by atoms with van der Waals surface area (Å²) in [6.07, 6.45) is 0.819. The molecule has 0 fully saturated rings. The number of guanidine groups is 1. The molecule has 0 aromatic heterocycles. The second-order valence-corrected chi connectivity index (χ2v) is 7.67. The molecule has 1 unspecified atom stereocenters. The molecule has 7 heteroatoms. The monoisotopic (exact) mass is 414 g/mol. The van der Waals surface area contributed by atoms with Gasteiger partial charge in [-0.05, 0) is 30.2 Å². The van der Waals surface area contributed by atoms with Crippen molar-refractivity contribution in [2.24, 2.45) is 4.99 Å². The molecule has 1 amide bonds. The molecule has 1 heterocycles. The number of aryl methyl sites for hydroxylation is 1. The van der Waals surface area contributed by atoms with Crippen molar-refractivity contribution in [3.63, 3.8) is 0 Å². The van der Waals surface area contributed by atoms with Gasteiger partial charge in [-0.15, -0.1) is 0 Å². The van der Waals surface area contributed by atoms with Crippen molar-refractivity contribution >= 4 is 23.5 Å². The molecule has 1 aliphatic heterocycles. The minimum atomic E-state index is -0.0192. The number of nitrogens with zero attached hydrogens (tertiary/aromatic N) is 2. The highest BCUT2D eigenvalue weighted by atomic mass is 35.5. The van der Waals surface area contributed by atoms with Crippen LogP contribution in [0.4, 0.5) is 0 Å². The number of likely N-dealkylation sites (N-methyl/N-ethyl adjacent to an activating group) is 1. The van der Waals surface area contributed by atoms with Crippen LogP contribution >= 0.6 is 11.6 Å². The highest BCUT2D eigenvalue weighted by molar-refractivity contribution is 6.31. The van der Waals surface area contributed by atoms with Crippen molar-refractivity contribution in [3.8, 4) is 5.75 Å². The predicted octanol–water partition coefficient (Wildman–Crippen LogP) is 3.30. The highest BCUT2D eigenvalue weighted by Crippen LogP contribution is 2.31. The van der Waals surface area contributed by atoms with Crippen LogP contribution in [0.25, 0.3) is 0 Å². The van der Waals surface area contributed by atoms with Gasteiger partial charge in [-0.2, -0.15) is 0 Å². The van der Waals surface area contributed by atoms with E-state index in [-0.39, 0.29) is 18.5 Å². The van der Waals surface area contributed by atoms with Gasteiger partial charge in [0.25, 0.3) is 0 Å². The molecule has 0 saturated heterocycles. The highest BCUT2D eigenvalue weighted by Gasteiger charge is 2.22. The molecule has 0 bridgehead atoms. The van der Waals surface area contributed by atoms with E-state index in [9.17, 15) is 4.79 Å². The summed E-state index contributed by atoms with van der Waals surface area (Å²) >= 11 is 6.12. The normalized spacial score (nSPS) is 15.9. The van der Waals surface area contributed by atoms with Gasteiger partial charge in [0.2, 0.25) is 5.91 Å². The number of para-hydroxylation sites is 1. The Labute approximate surface area is 176 Å². The lowest BCUT2D eigenvalue weighted by Gasteiger charge is -2.28. The van der Waals surface area contributed by atoms with Crippen LogP contribution in [0.3, 0.4) is 0 Å². The quantitative estimate of drug-likeness (QED) is 0.582. The maximum Gasteiger partial charge on any atom is 0.241 e. The molecule has 6 nitrogen and oxygen atoms in total. The van der Waals surface area contributed by atoms with Gasteiger partial charge in [0.05, 0.1) is 25.7 Å². The first-order valence-corrected chi connectivity index (χ1v) is 10.0. The number of amides is 1. The minimum absolute atomic E-state index is 0.0192. The summed E-state index contributed by atoms with van der Waals surface area (Å²) in [4.78, 5) is 18.3. The van der Waals surface area contributed by atoms with Crippen LogP contribution in [0.2, 0.25) is 5.02 Å². The number of fused-ring (bicyclic) bond motifs is 1. The second kappa shape index (κ2) is 9.65. The number of aliphatic imine (C=N–C) groups is 1. The Bertz CT molecular complexity index is 898. The summed E-state index contributed by atoms with van der Waals surface area (Å²) < 4.78 is 5.75. The van der Waals surface area contributed by atoms with Crippen molar-refractivity contribution < 1.29 is 9.53 Å². The maximum absolute atomic E-state index is 12.0. The number of halogens is 1. The summed E-state index contributed by atoms with van der Waals surface area (Å²) in [5.74, 6) is 1.46. The number of benzene rings is 2. The summed E-state index contributed by atoms with van der Waals surface area (Å²) in [5, 5.41) is 7.36. The van der Waals surface area contributed by atoms with Gasteiger partial charge in [0.15, 0.2) is 5.96 Å². The Balaban J connectivity index is 1.77. The zero-order chi connectivity index (χ0) is 20.8. The molecule has 0 saturated carbocycles. The van der Waals surface area contributed by atoms with E-state index in [1.54, 1.807) is 19.0 Å². The minimum Gasteiger partial charge on any atom is -0.493 e. The topological polar surface area (TPSA) is 66.0 Å². The Kier molecular flexibility index (Phi) is 6.99. The SMILES string of the molecule is Cc1cc(CN=C(NCC(=O)N(C)C)NC2CCOc3ccccc32)ccc1Cl. The summed E-state index contributed by atoms with van der Waals surface area (Å²) in [6, 6.07) is 13.9. The number of hydrogen-bond donors (Lipinski definition) is 2. The van der Waals surface area contributed by atoms with Gasteiger partial charge in [0, 0.05) is 31.1 Å². The third kappa shape index (κ3) is 5.64. The number of carbonyl (C=O) groups excluding carboxylic acids is 1. The van der Waals surface area contributed by atoms with E-state index < -0.39 is 0 Å². The number of nitrogens with one attached hydrogen (secondary N) is 2. The molecule has 29 heavy (non-hydrogen) atoms. The lowest BCUT2D eigenvalue weighted by Crippen LogP contribution is -2.45. The standard InChI is InChI=1S/C22H27ClN4O2/c1-15-12-16(8-9-18(15)23)13-24-22(25-14-21(28)27(2)3)26-19-10-11-29-20-7-5-4-6-17(19)20/h4-9,12,19H,10-11,13-14H2,1-3H3,(H2,24,25,26). The molecular formula is C22H27ClN4O2. The average molecular weight is 415 g/mol. The van der Waals surface area contributed by atoms with Crippen molar-refractivity contribution in [2.45, 2.75) is 25.9 Å². The number of rotatable bonds is 5. The predicted molar refractivity (Wildman–Crippen MR) is 116 cm³/mol. The number of hydrogen-bond acceptors (Lipinski definition) is 3. The fourth-order valence-corrected chi connectivity index (χ4v) is 3.22. The van der Waals surface area contributed by atoms with Crippen LogP contribution in [-0.2, 0) is 11.3 Å². The molecule has 0 aliphatic carbocycles. The second-order valence-electron chi connectivity index (χ2n) is 7.26. The first-order chi connectivity index (χ1) is 13.9. The van der Waals surface area contributed by atoms with Crippen molar-refractivity contribution in [1.82, 2.24) is 15.5 Å². The molecule has 2 aromatic carbocycles. The Morgan fingerprint density at radius 1 is 1.28 bits per heavy atom. The Hall–Kier alpha value is -2.73. The molecule has 2 aromatic rings. The van der Waals surface area contributed by atoms with E-state index in [2.05, 4.69) is 16.7 Å². The first-order valence-electron chi connectivity index (χ1n) is 9.66. The lowest BCUT2D eigenvalue weighted by molar-refractivity contribution is -0.127. The molecule has 1 atom stereocenters. The van der Waals surface area contributed by atoms with Crippen LogP contribution in [-0.4, -0.2) is 44.0 Å². The van der Waals surface area contributed by atoms with Crippen LogP contribution in [0.5, 0.6) is 5.75 Å². The summed E-state index contributed by atoms with van der Waals surface area (Å²) in [7, 11) is 3.47. The van der Waals surface area contributed by atoms with Gasteiger partial charge in [-0.1, -0.05) is 41.9 Å². The third-order valence-electron chi connectivity index (χ3n) is 4.82. The number of ether oxygens (including phenoxy) is 1. The van der Waals surface area contributed by atoms with Crippen LogP contribution in [0.15, 0.2) is 47.5 Å². The Morgan fingerprint density at radius 2 is 2.07 bits per heavy atom. The van der Waals surface area contributed by atoms with Crippen molar-refractivity contribution in [2.75, 3.05) is 27.2 Å². The molecule has 0 radical (unpaired) electrons. The van der Waals surface area contributed by atoms with E-state index in [1.807, 2.05) is 43.3 Å². The maximum atomic E-state index is 12.0. The molecule has 2 N–H and O–H groups in total. The average Bonchev–Trinajstić information content (AvgIpc) is 2.72. The molecule has 0 spiro atoms. The van der Waals surface area contributed by atoms with E-state index in [0.717, 1.165) is 33.9 Å². The molecule has 3 rings (SSSR count). The van der Waals surface area contributed by atoms with E-state index in [4.69, 9.17) is 21.3 Å². The molecule has 1 aliphatic rings. The largest absolute Gasteiger partial charge is 0.493 e. The van der Waals surface area contributed by atoms with Gasteiger partial charge in [-0.25, -0.2) is 4.99 Å². The van der Waals surface area contributed by atoms with Gasteiger partial charge in [0.1, 0.15) is 5.75 Å². The summed E-state index contributed by atoms with van der Waals surface area (Å²) in [5.41, 5.74) is 3.16. The number of carbonyl (C=O) groups is 1. The summed E-state index contributed by atoms with van der Waals surface area (Å²) in [6.45, 7) is 3.26. The first kappa shape index (κ1) is 21.0. The lowest BCUT2D eigenvalue weighted by atomic mass is 10.0. The van der Waals surface area contributed by atoms with Gasteiger partial charge < -0.3 is 20.3 Å². The molecular weight excluding hydrogens is 388 g/mol. The van der Waals surface area contributed by atoms with E-state index in [0.29, 0.717) is 19.1 Å². The van der Waals surface area contributed by atoms with Crippen molar-refractivity contribution in [3.05, 3.63) is 64.2 Å². The fraction of sp³-hybridized carbons (Fsp3) is 0.364. The van der Waals surface area contributed by atoms with E-state index >= 15 is 0 Å². The fourth-order valence-electron chi connectivity index (χ4n) is 3.10. The van der Waals surface area contributed by atoms with Crippen molar-refractivity contribution in [1.29, 1.82) is 0 Å². The van der Waals surface area contributed by atoms with Gasteiger partial charge in [-0.3, -0.25) is 4.79 Å². The zero-order valence-corrected chi connectivity index (χ0v) is 17.8. The Morgan fingerprint density at radius 3 is 2.83 bits per heavy atom. The van der Waals surface area contributed by atoms with Gasteiger partial charge >= 0.3 is 0 Å². The van der Waals surface area contributed by atoms with Crippen LogP contribution < -0.4 is 15.4 Å². The van der Waals surface area contributed by atoms with Crippen LogP contribution in [0.1, 0.15) is 29.2 Å². The molecule has 154 valence electrons. The zero-order valence-electron chi connectivity index (χ0n) is 17.0. The van der Waals surface area contributed by atoms with Crippen LogP contribution in [0, 0.1) is 6.92 Å².